The van der Waals surface area contributed by atoms with E-state index in [-0.39, 0.29) is 0 Å². The second-order valence-electron chi connectivity index (χ2n) is 5.53. The van der Waals surface area contributed by atoms with Gasteiger partial charge in [0.25, 0.3) is 0 Å². The van der Waals surface area contributed by atoms with Crippen molar-refractivity contribution in [1.29, 1.82) is 0 Å². The van der Waals surface area contributed by atoms with Crippen LogP contribution in [0, 0.1) is 0 Å². The summed E-state index contributed by atoms with van der Waals surface area (Å²) in [6.45, 7) is 3.84. The maximum absolute atomic E-state index is 3.84. The van der Waals surface area contributed by atoms with Gasteiger partial charge in [-0.3, -0.25) is 0 Å². The fourth-order valence-corrected chi connectivity index (χ4v) is 3.19. The zero-order chi connectivity index (χ0) is 14.9. The van der Waals surface area contributed by atoms with Crippen molar-refractivity contribution in [3.8, 4) is 5.69 Å². The van der Waals surface area contributed by atoms with Crippen molar-refractivity contribution in [2.24, 2.45) is 0 Å². The van der Waals surface area contributed by atoms with E-state index < -0.39 is 0 Å². The molecule has 0 atom stereocenters. The minimum Gasteiger partial charge on any atom is -0.309 e. The van der Waals surface area contributed by atoms with E-state index in [4.69, 9.17) is 0 Å². The summed E-state index contributed by atoms with van der Waals surface area (Å²) in [5.74, 6) is 0. The Kier molecular flexibility index (Phi) is 3.05. The molecule has 4 rings (SSSR count). The Morgan fingerprint density at radius 2 is 1.41 bits per heavy atom. The molecule has 22 heavy (non-hydrogen) atoms. The van der Waals surface area contributed by atoms with Crippen LogP contribution in [0.25, 0.3) is 27.5 Å². The number of nitrogens with zero attached hydrogens (tertiary/aromatic N) is 1. The zero-order valence-electron chi connectivity index (χ0n) is 12.4. The van der Waals surface area contributed by atoms with Crippen molar-refractivity contribution < 1.29 is 0 Å². The van der Waals surface area contributed by atoms with E-state index in [0.29, 0.717) is 0 Å². The molecule has 0 unspecified atom stereocenters. The Morgan fingerprint density at radius 1 is 0.773 bits per heavy atom. The first-order chi connectivity index (χ1) is 10.9. The Balaban J connectivity index is 2.08. The Hall–Kier alpha value is -2.80. The monoisotopic (exact) mass is 283 g/mol. The number of rotatable bonds is 3. The first kappa shape index (κ1) is 12.9. The molecule has 1 heterocycles. The van der Waals surface area contributed by atoms with Crippen molar-refractivity contribution in [2.45, 2.75) is 6.42 Å². The molecule has 0 N–H and O–H groups in total. The maximum atomic E-state index is 3.84. The van der Waals surface area contributed by atoms with E-state index in [1.807, 2.05) is 6.08 Å². The predicted molar refractivity (Wildman–Crippen MR) is 94.7 cm³/mol. The summed E-state index contributed by atoms with van der Waals surface area (Å²) < 4.78 is 2.34. The fourth-order valence-electron chi connectivity index (χ4n) is 3.19. The maximum Gasteiger partial charge on any atom is 0.0541 e. The summed E-state index contributed by atoms with van der Waals surface area (Å²) in [4.78, 5) is 0. The largest absolute Gasteiger partial charge is 0.309 e. The topological polar surface area (TPSA) is 4.93 Å². The van der Waals surface area contributed by atoms with Gasteiger partial charge in [-0.2, -0.15) is 0 Å². The minimum atomic E-state index is 0.894. The van der Waals surface area contributed by atoms with Gasteiger partial charge in [0.15, 0.2) is 0 Å². The lowest BCUT2D eigenvalue weighted by molar-refractivity contribution is 1.15. The molecule has 0 radical (unpaired) electrons. The first-order valence-corrected chi connectivity index (χ1v) is 7.57. The SMILES string of the molecule is C=CCc1cccc(-n2c3ccccc3c3ccccc32)c1. The Bertz CT molecular complexity index is 922. The number of fused-ring (bicyclic) bond motifs is 3. The van der Waals surface area contributed by atoms with E-state index in [0.717, 1.165) is 6.42 Å². The molecule has 0 fully saturated rings. The van der Waals surface area contributed by atoms with Gasteiger partial charge in [0.2, 0.25) is 0 Å². The van der Waals surface area contributed by atoms with Gasteiger partial charge in [-0.05, 0) is 36.2 Å². The molecule has 1 aromatic heterocycles. The lowest BCUT2D eigenvalue weighted by Gasteiger charge is -2.09. The van der Waals surface area contributed by atoms with Crippen molar-refractivity contribution in [3.05, 3.63) is 91.0 Å². The van der Waals surface area contributed by atoms with E-state index in [2.05, 4.69) is 83.9 Å². The number of aromatic nitrogens is 1. The van der Waals surface area contributed by atoms with Gasteiger partial charge in [0, 0.05) is 16.5 Å². The molecular formula is C21H17N. The van der Waals surface area contributed by atoms with E-state index in [1.54, 1.807) is 0 Å². The third kappa shape index (κ3) is 1.94. The molecule has 1 heteroatoms. The molecule has 0 aliphatic rings. The minimum absolute atomic E-state index is 0.894. The molecule has 4 aromatic rings. The highest BCUT2D eigenvalue weighted by atomic mass is 15.0. The summed E-state index contributed by atoms with van der Waals surface area (Å²) in [7, 11) is 0. The molecule has 0 aliphatic heterocycles. The first-order valence-electron chi connectivity index (χ1n) is 7.57. The van der Waals surface area contributed by atoms with Gasteiger partial charge in [0.05, 0.1) is 11.0 Å². The second-order valence-corrected chi connectivity index (χ2v) is 5.53. The van der Waals surface area contributed by atoms with Crippen molar-refractivity contribution in [3.63, 3.8) is 0 Å². The lowest BCUT2D eigenvalue weighted by atomic mass is 10.1. The van der Waals surface area contributed by atoms with Crippen LogP contribution >= 0.6 is 0 Å². The average molecular weight is 283 g/mol. The zero-order valence-corrected chi connectivity index (χ0v) is 12.4. The normalized spacial score (nSPS) is 11.1. The molecule has 0 saturated carbocycles. The van der Waals surface area contributed by atoms with Crippen LogP contribution < -0.4 is 0 Å². The quantitative estimate of drug-likeness (QED) is 0.437. The molecule has 3 aromatic carbocycles. The van der Waals surface area contributed by atoms with Crippen LogP contribution in [0.4, 0.5) is 0 Å². The molecule has 106 valence electrons. The second kappa shape index (κ2) is 5.19. The summed E-state index contributed by atoms with van der Waals surface area (Å²) in [6, 6.07) is 25.9. The lowest BCUT2D eigenvalue weighted by Crippen LogP contribution is -1.94. The highest BCUT2D eigenvalue weighted by Crippen LogP contribution is 2.31. The van der Waals surface area contributed by atoms with E-state index in [1.165, 1.54) is 33.1 Å². The molecule has 0 spiro atoms. The van der Waals surface area contributed by atoms with Gasteiger partial charge in [0.1, 0.15) is 0 Å². The molecule has 0 saturated heterocycles. The van der Waals surface area contributed by atoms with Crippen molar-refractivity contribution in [2.75, 3.05) is 0 Å². The van der Waals surface area contributed by atoms with Crippen LogP contribution in [0.15, 0.2) is 85.5 Å². The van der Waals surface area contributed by atoms with Crippen molar-refractivity contribution >= 4 is 21.8 Å². The summed E-state index contributed by atoms with van der Waals surface area (Å²) in [5, 5.41) is 2.60. The molecule has 0 aliphatic carbocycles. The van der Waals surface area contributed by atoms with E-state index in [9.17, 15) is 0 Å². The van der Waals surface area contributed by atoms with E-state index >= 15 is 0 Å². The van der Waals surface area contributed by atoms with Crippen LogP contribution in [0.5, 0.6) is 0 Å². The molecule has 0 bridgehead atoms. The van der Waals surface area contributed by atoms with Gasteiger partial charge < -0.3 is 4.57 Å². The van der Waals surface area contributed by atoms with Gasteiger partial charge in [-0.1, -0.05) is 54.6 Å². The Morgan fingerprint density at radius 3 is 2.05 bits per heavy atom. The smallest absolute Gasteiger partial charge is 0.0541 e. The molecule has 0 amide bonds. The van der Waals surface area contributed by atoms with Crippen LogP contribution in [0.3, 0.4) is 0 Å². The van der Waals surface area contributed by atoms with Gasteiger partial charge >= 0.3 is 0 Å². The highest BCUT2D eigenvalue weighted by Gasteiger charge is 2.11. The highest BCUT2D eigenvalue weighted by molar-refractivity contribution is 6.09. The van der Waals surface area contributed by atoms with Crippen molar-refractivity contribution in [1.82, 2.24) is 4.57 Å². The number of benzene rings is 3. The number of allylic oxidation sites excluding steroid dienone is 1. The third-order valence-corrected chi connectivity index (χ3v) is 4.13. The summed E-state index contributed by atoms with van der Waals surface area (Å²) >= 11 is 0. The van der Waals surface area contributed by atoms with Gasteiger partial charge in [-0.15, -0.1) is 6.58 Å². The average Bonchev–Trinajstić information content (AvgIpc) is 2.90. The standard InChI is InChI=1S/C21H17N/c1-2-8-16-9-7-10-17(15-16)22-20-13-5-3-11-18(20)19-12-4-6-14-21(19)22/h2-7,9-15H,1,8H2. The number of hydrogen-bond donors (Lipinski definition) is 0. The Labute approximate surface area is 130 Å². The van der Waals surface area contributed by atoms with Crippen LogP contribution in [0.1, 0.15) is 5.56 Å². The summed E-state index contributed by atoms with van der Waals surface area (Å²) in [5.41, 5.74) is 4.99. The summed E-state index contributed by atoms with van der Waals surface area (Å²) in [6.07, 6.45) is 2.84. The molecule has 1 nitrogen and oxygen atoms in total. The third-order valence-electron chi connectivity index (χ3n) is 4.13. The predicted octanol–water partition coefficient (Wildman–Crippen LogP) is 5.51. The van der Waals surface area contributed by atoms with Crippen LogP contribution in [-0.4, -0.2) is 4.57 Å². The van der Waals surface area contributed by atoms with Crippen LogP contribution in [0.2, 0.25) is 0 Å². The number of hydrogen-bond acceptors (Lipinski definition) is 0. The van der Waals surface area contributed by atoms with Gasteiger partial charge in [-0.25, -0.2) is 0 Å². The molecular weight excluding hydrogens is 266 g/mol. The van der Waals surface area contributed by atoms with Crippen LogP contribution in [-0.2, 0) is 6.42 Å². The number of para-hydroxylation sites is 2. The fraction of sp³-hybridized carbons (Fsp3) is 0.0476.